The van der Waals surface area contributed by atoms with Crippen molar-refractivity contribution in [2.45, 2.75) is 51.6 Å². The van der Waals surface area contributed by atoms with Gasteiger partial charge < -0.3 is 15.7 Å². The highest BCUT2D eigenvalue weighted by Gasteiger charge is 2.34. The Bertz CT molecular complexity index is 293. The summed E-state index contributed by atoms with van der Waals surface area (Å²) in [6.45, 7) is 4.59. The zero-order chi connectivity index (χ0) is 13.0. The van der Waals surface area contributed by atoms with E-state index in [1.807, 2.05) is 13.8 Å². The van der Waals surface area contributed by atoms with Gasteiger partial charge in [0, 0.05) is 12.6 Å². The number of rotatable bonds is 5. The van der Waals surface area contributed by atoms with Gasteiger partial charge in [-0.3, -0.25) is 9.59 Å². The van der Waals surface area contributed by atoms with Crippen molar-refractivity contribution in [3.8, 4) is 0 Å². The first-order valence-corrected chi connectivity index (χ1v) is 6.25. The van der Waals surface area contributed by atoms with E-state index in [0.717, 1.165) is 19.3 Å². The average Bonchev–Trinajstić information content (AvgIpc) is 2.73. The molecular weight excluding hydrogens is 220 g/mol. The minimum Gasteiger partial charge on any atom is -0.481 e. The van der Waals surface area contributed by atoms with Gasteiger partial charge in [0.15, 0.2) is 0 Å². The normalized spacial score (nSPS) is 23.5. The third-order valence-corrected chi connectivity index (χ3v) is 3.61. The fraction of sp³-hybridized carbons (Fsp3) is 0.833. The highest BCUT2D eigenvalue weighted by molar-refractivity contribution is 5.83. The maximum atomic E-state index is 12.1. The van der Waals surface area contributed by atoms with Crippen LogP contribution in [0.25, 0.3) is 0 Å². The maximum Gasteiger partial charge on any atom is 0.305 e. The van der Waals surface area contributed by atoms with E-state index >= 15 is 0 Å². The van der Waals surface area contributed by atoms with Crippen LogP contribution < -0.4 is 5.73 Å². The molecule has 3 atom stereocenters. The number of nitrogens with two attached hydrogens (primary N) is 1. The second-order valence-electron chi connectivity index (χ2n) is 4.84. The molecule has 0 bridgehead atoms. The van der Waals surface area contributed by atoms with Crippen molar-refractivity contribution in [2.24, 2.45) is 11.7 Å². The largest absolute Gasteiger partial charge is 0.481 e. The first kappa shape index (κ1) is 14.0. The molecule has 0 spiro atoms. The molecule has 1 aliphatic heterocycles. The monoisotopic (exact) mass is 242 g/mol. The summed E-state index contributed by atoms with van der Waals surface area (Å²) in [7, 11) is 0. The maximum absolute atomic E-state index is 12.1. The Kier molecular flexibility index (Phi) is 4.93. The summed E-state index contributed by atoms with van der Waals surface area (Å²) >= 11 is 0. The van der Waals surface area contributed by atoms with Crippen LogP contribution in [0.2, 0.25) is 0 Å². The first-order chi connectivity index (χ1) is 7.97. The van der Waals surface area contributed by atoms with E-state index in [1.165, 1.54) is 0 Å². The van der Waals surface area contributed by atoms with E-state index in [0.29, 0.717) is 6.54 Å². The molecular formula is C12H22N2O3. The van der Waals surface area contributed by atoms with E-state index in [9.17, 15) is 9.59 Å². The summed E-state index contributed by atoms with van der Waals surface area (Å²) in [6, 6.07) is -0.676. The minimum absolute atomic E-state index is 0.0268. The number of aliphatic carboxylic acids is 1. The van der Waals surface area contributed by atoms with E-state index in [-0.39, 0.29) is 24.3 Å². The highest BCUT2D eigenvalue weighted by atomic mass is 16.4. The predicted molar refractivity (Wildman–Crippen MR) is 64.4 cm³/mol. The highest BCUT2D eigenvalue weighted by Crippen LogP contribution is 2.22. The van der Waals surface area contributed by atoms with Gasteiger partial charge in [0.25, 0.3) is 0 Å². The number of carboxylic acid groups (broad SMARTS) is 1. The molecule has 1 amide bonds. The lowest BCUT2D eigenvalue weighted by molar-refractivity contribution is -0.140. The van der Waals surface area contributed by atoms with Crippen LogP contribution in [0.3, 0.4) is 0 Å². The topological polar surface area (TPSA) is 83.6 Å². The molecule has 1 fully saturated rings. The number of hydrogen-bond acceptors (Lipinski definition) is 3. The molecule has 1 saturated heterocycles. The summed E-state index contributed by atoms with van der Waals surface area (Å²) in [5, 5.41) is 8.80. The fourth-order valence-electron chi connectivity index (χ4n) is 2.23. The fourth-order valence-corrected chi connectivity index (χ4v) is 2.23. The molecule has 1 aliphatic rings. The van der Waals surface area contributed by atoms with Crippen LogP contribution in [-0.2, 0) is 9.59 Å². The van der Waals surface area contributed by atoms with Crippen molar-refractivity contribution in [2.75, 3.05) is 6.54 Å². The molecule has 0 aromatic carbocycles. The molecule has 1 heterocycles. The molecule has 1 rings (SSSR count). The lowest BCUT2D eigenvalue weighted by Gasteiger charge is -2.28. The minimum atomic E-state index is -0.855. The molecule has 2 unspecified atom stereocenters. The molecule has 0 saturated carbocycles. The second-order valence-corrected chi connectivity index (χ2v) is 4.84. The third kappa shape index (κ3) is 3.43. The Labute approximate surface area is 102 Å². The predicted octanol–water partition coefficient (Wildman–Crippen LogP) is 0.825. The van der Waals surface area contributed by atoms with Gasteiger partial charge >= 0.3 is 5.97 Å². The SMILES string of the molecule is CCC(C)[C@H](N)C(=O)N1CCCC1CC(=O)O. The van der Waals surface area contributed by atoms with Crippen molar-refractivity contribution in [1.82, 2.24) is 4.90 Å². The van der Waals surface area contributed by atoms with E-state index < -0.39 is 12.0 Å². The summed E-state index contributed by atoms with van der Waals surface area (Å²) in [5.74, 6) is -0.816. The Balaban J connectivity index is 2.64. The molecule has 0 aliphatic carbocycles. The van der Waals surface area contributed by atoms with Gasteiger partial charge in [-0.05, 0) is 18.8 Å². The van der Waals surface area contributed by atoms with Gasteiger partial charge in [0.05, 0.1) is 12.5 Å². The van der Waals surface area contributed by atoms with Gasteiger partial charge in [0.2, 0.25) is 5.91 Å². The standard InChI is InChI=1S/C12H22N2O3/c1-3-8(2)11(13)12(17)14-6-4-5-9(14)7-10(15)16/h8-9,11H,3-7,13H2,1-2H3,(H,15,16)/t8?,9?,11-/m0/s1. The Morgan fingerprint density at radius 3 is 2.71 bits per heavy atom. The van der Waals surface area contributed by atoms with Gasteiger partial charge in [0.1, 0.15) is 0 Å². The van der Waals surface area contributed by atoms with Crippen molar-refractivity contribution >= 4 is 11.9 Å². The number of carbonyl (C=O) groups is 2. The molecule has 17 heavy (non-hydrogen) atoms. The second kappa shape index (κ2) is 6.00. The summed E-state index contributed by atoms with van der Waals surface area (Å²) < 4.78 is 0. The zero-order valence-electron chi connectivity index (χ0n) is 10.6. The lowest BCUT2D eigenvalue weighted by atomic mass is 9.98. The molecule has 0 aromatic rings. The summed E-state index contributed by atoms with van der Waals surface area (Å²) in [6.07, 6.45) is 2.52. The molecule has 98 valence electrons. The molecule has 0 aromatic heterocycles. The van der Waals surface area contributed by atoms with Crippen LogP contribution in [0.15, 0.2) is 0 Å². The Morgan fingerprint density at radius 1 is 1.53 bits per heavy atom. The number of hydrogen-bond donors (Lipinski definition) is 2. The van der Waals surface area contributed by atoms with Crippen molar-refractivity contribution in [3.63, 3.8) is 0 Å². The van der Waals surface area contributed by atoms with Gasteiger partial charge in [-0.25, -0.2) is 0 Å². The Hall–Kier alpha value is -1.10. The average molecular weight is 242 g/mol. The number of carboxylic acids is 1. The van der Waals surface area contributed by atoms with Crippen molar-refractivity contribution in [1.29, 1.82) is 0 Å². The smallest absolute Gasteiger partial charge is 0.305 e. The third-order valence-electron chi connectivity index (χ3n) is 3.61. The van der Waals surface area contributed by atoms with Gasteiger partial charge in [-0.1, -0.05) is 20.3 Å². The van der Waals surface area contributed by atoms with E-state index in [1.54, 1.807) is 4.90 Å². The summed E-state index contributed by atoms with van der Waals surface area (Å²) in [5.41, 5.74) is 5.91. The Morgan fingerprint density at radius 2 is 2.18 bits per heavy atom. The molecule has 5 nitrogen and oxygen atoms in total. The molecule has 5 heteroatoms. The van der Waals surface area contributed by atoms with Crippen molar-refractivity contribution in [3.05, 3.63) is 0 Å². The van der Waals surface area contributed by atoms with Crippen LogP contribution in [0, 0.1) is 5.92 Å². The molecule has 0 radical (unpaired) electrons. The van der Waals surface area contributed by atoms with E-state index in [2.05, 4.69) is 0 Å². The van der Waals surface area contributed by atoms with Crippen LogP contribution in [0.5, 0.6) is 0 Å². The van der Waals surface area contributed by atoms with Crippen LogP contribution in [0.1, 0.15) is 39.5 Å². The zero-order valence-corrected chi connectivity index (χ0v) is 10.6. The van der Waals surface area contributed by atoms with Crippen LogP contribution in [0.4, 0.5) is 0 Å². The number of amides is 1. The van der Waals surface area contributed by atoms with Gasteiger partial charge in [-0.15, -0.1) is 0 Å². The summed E-state index contributed by atoms with van der Waals surface area (Å²) in [4.78, 5) is 24.5. The van der Waals surface area contributed by atoms with Gasteiger partial charge in [-0.2, -0.15) is 0 Å². The van der Waals surface area contributed by atoms with Crippen molar-refractivity contribution < 1.29 is 14.7 Å². The number of likely N-dealkylation sites (tertiary alicyclic amines) is 1. The van der Waals surface area contributed by atoms with E-state index in [4.69, 9.17) is 10.8 Å². The first-order valence-electron chi connectivity index (χ1n) is 6.25. The quantitative estimate of drug-likeness (QED) is 0.747. The van der Waals surface area contributed by atoms with Crippen LogP contribution >= 0.6 is 0 Å². The molecule has 3 N–H and O–H groups in total. The van der Waals surface area contributed by atoms with Crippen LogP contribution in [-0.4, -0.2) is 40.5 Å². The number of nitrogens with zero attached hydrogens (tertiary/aromatic N) is 1. The number of carbonyl (C=O) groups excluding carboxylic acids is 1. The lowest BCUT2D eigenvalue weighted by Crippen LogP contribution is -2.49.